The second-order valence-corrected chi connectivity index (χ2v) is 14.5. The number of ether oxygens (including phenoxy) is 2. The van der Waals surface area contributed by atoms with Crippen molar-refractivity contribution >= 4 is 36.7 Å². The molecular formula is C35H47N6O6P. The molecule has 0 saturated heterocycles. The molecule has 0 aliphatic carbocycles. The quantitative estimate of drug-likeness (QED) is 0.0522. The third kappa shape index (κ3) is 9.08. The molecule has 0 saturated carbocycles. The first-order valence-corrected chi connectivity index (χ1v) is 17.3. The molecule has 258 valence electrons. The number of nitriles is 2. The number of nitrogens with zero attached hydrogens (tertiary/aromatic N) is 6. The average Bonchev–Trinajstić information content (AvgIpc) is 3.03. The molecule has 1 unspecified atom stereocenters. The van der Waals surface area contributed by atoms with E-state index < -0.39 is 13.3 Å². The predicted octanol–water partition coefficient (Wildman–Crippen LogP) is 9.62. The fourth-order valence-corrected chi connectivity index (χ4v) is 8.12. The van der Waals surface area contributed by atoms with Crippen LogP contribution in [0.5, 0.6) is 11.5 Å². The molecule has 2 aromatic rings. The van der Waals surface area contributed by atoms with Gasteiger partial charge in [0.25, 0.3) is 5.69 Å². The van der Waals surface area contributed by atoms with Gasteiger partial charge in [-0.05, 0) is 57.1 Å². The van der Waals surface area contributed by atoms with Gasteiger partial charge in [0.15, 0.2) is 25.6 Å². The molecule has 48 heavy (non-hydrogen) atoms. The Morgan fingerprint density at radius 1 is 1.02 bits per heavy atom. The summed E-state index contributed by atoms with van der Waals surface area (Å²) in [6.45, 7) is 16.8. The number of hydrogen-bond donors (Lipinski definition) is 0. The Balaban J connectivity index is 1.88. The first-order chi connectivity index (χ1) is 22.8. The van der Waals surface area contributed by atoms with Crippen LogP contribution < -0.4 is 14.4 Å². The molecule has 0 spiro atoms. The van der Waals surface area contributed by atoms with E-state index in [1.54, 1.807) is 14.2 Å². The fraction of sp³-hybridized carbons (Fsp3) is 0.543. The van der Waals surface area contributed by atoms with Crippen LogP contribution in [0.1, 0.15) is 78.9 Å². The van der Waals surface area contributed by atoms with Crippen molar-refractivity contribution in [2.45, 2.75) is 78.9 Å². The summed E-state index contributed by atoms with van der Waals surface area (Å²) in [5.74, 6) is 1.70. The van der Waals surface area contributed by atoms with Crippen molar-refractivity contribution in [3.63, 3.8) is 0 Å². The highest BCUT2D eigenvalue weighted by molar-refractivity contribution is 7.48. The fourth-order valence-electron chi connectivity index (χ4n) is 6.15. The Morgan fingerprint density at radius 3 is 2.29 bits per heavy atom. The number of nitro benzene ring substituents is 1. The Morgan fingerprint density at radius 2 is 1.71 bits per heavy atom. The molecule has 0 N–H and O–H groups in total. The molecule has 1 aliphatic rings. The van der Waals surface area contributed by atoms with Crippen molar-refractivity contribution in [3.05, 3.63) is 51.6 Å². The van der Waals surface area contributed by atoms with E-state index in [0.717, 1.165) is 36.2 Å². The van der Waals surface area contributed by atoms with Gasteiger partial charge in [-0.15, -0.1) is 10.2 Å². The number of benzene rings is 2. The number of hydrogen-bond acceptors (Lipinski definition) is 11. The number of allylic oxidation sites excluding steroid dienone is 1. The third-order valence-corrected chi connectivity index (χ3v) is 10.7. The van der Waals surface area contributed by atoms with E-state index in [1.165, 1.54) is 18.2 Å². The SMILES string of the molecule is COc1cc2c(c(OC)c1N=Nc1ccc([N+](=O)[O-])cc1C#N)C(C)=CC(C)(C)N2CCCCOP(OCCC#N)C(C(C)C)C(C)C. The van der Waals surface area contributed by atoms with Crippen LogP contribution in [-0.4, -0.2) is 50.1 Å². The number of nitro groups is 1. The van der Waals surface area contributed by atoms with Gasteiger partial charge in [0.1, 0.15) is 11.8 Å². The summed E-state index contributed by atoms with van der Waals surface area (Å²) in [6, 6.07) is 9.88. The minimum atomic E-state index is -1.13. The van der Waals surface area contributed by atoms with Crippen LogP contribution in [0, 0.1) is 44.6 Å². The van der Waals surface area contributed by atoms with E-state index in [1.807, 2.05) is 19.1 Å². The Labute approximate surface area is 285 Å². The highest BCUT2D eigenvalue weighted by Gasteiger charge is 2.35. The molecule has 2 aromatic carbocycles. The number of unbranched alkanes of at least 4 members (excludes halogenated alkanes) is 1. The lowest BCUT2D eigenvalue weighted by atomic mass is 9.87. The van der Waals surface area contributed by atoms with Gasteiger partial charge in [-0.3, -0.25) is 10.1 Å². The topological polar surface area (TPSA) is 156 Å². The maximum Gasteiger partial charge on any atom is 0.270 e. The van der Waals surface area contributed by atoms with Crippen molar-refractivity contribution in [2.24, 2.45) is 22.1 Å². The van der Waals surface area contributed by atoms with Crippen molar-refractivity contribution in [1.82, 2.24) is 0 Å². The van der Waals surface area contributed by atoms with E-state index in [2.05, 4.69) is 68.8 Å². The molecular weight excluding hydrogens is 631 g/mol. The van der Waals surface area contributed by atoms with Gasteiger partial charge in [-0.2, -0.15) is 10.5 Å². The molecule has 0 radical (unpaired) electrons. The van der Waals surface area contributed by atoms with Gasteiger partial charge in [-0.25, -0.2) is 0 Å². The lowest BCUT2D eigenvalue weighted by molar-refractivity contribution is -0.384. The Hall–Kier alpha value is -4.09. The summed E-state index contributed by atoms with van der Waals surface area (Å²) in [5, 5.41) is 38.5. The molecule has 0 fully saturated rings. The zero-order chi connectivity index (χ0) is 35.6. The van der Waals surface area contributed by atoms with E-state index in [4.69, 9.17) is 23.8 Å². The molecule has 13 heteroatoms. The minimum Gasteiger partial charge on any atom is -0.494 e. The molecule has 1 aliphatic heterocycles. The van der Waals surface area contributed by atoms with Crippen molar-refractivity contribution in [1.29, 1.82) is 10.5 Å². The Bertz CT molecular complexity index is 1590. The first-order valence-electron chi connectivity index (χ1n) is 16.1. The predicted molar refractivity (Wildman–Crippen MR) is 188 cm³/mol. The van der Waals surface area contributed by atoms with Crippen LogP contribution in [0.25, 0.3) is 5.57 Å². The molecule has 3 rings (SSSR count). The number of azo groups is 1. The first kappa shape index (κ1) is 38.4. The van der Waals surface area contributed by atoms with Crippen molar-refractivity contribution in [3.8, 4) is 23.6 Å². The summed E-state index contributed by atoms with van der Waals surface area (Å²) in [7, 11) is 1.98. The highest BCUT2D eigenvalue weighted by Crippen LogP contribution is 2.53. The lowest BCUT2D eigenvalue weighted by Crippen LogP contribution is -2.45. The molecule has 0 amide bonds. The summed E-state index contributed by atoms with van der Waals surface area (Å²) in [6.07, 6.45) is 4.22. The highest BCUT2D eigenvalue weighted by atomic mass is 31.2. The standard InChI is InChI=1S/C35H47N6O6P/c1-23(2)34(24(3)4)48(47-18-12-15-36)46-17-11-10-16-40-29-20-30(44-8)32(33(45-9)31(29)25(5)21-35(40,6)7)39-38-28-14-13-27(41(42)43)19-26(28)22-37/h13-14,19-21,23-24,34H,10-12,16-18H2,1-9H3. The van der Waals surface area contributed by atoms with Gasteiger partial charge in [0.05, 0.1) is 61.6 Å². The number of methoxy groups -OCH3 is 2. The number of rotatable bonds is 17. The van der Waals surface area contributed by atoms with Gasteiger partial charge in [0.2, 0.25) is 0 Å². The largest absolute Gasteiger partial charge is 0.494 e. The second-order valence-electron chi connectivity index (χ2n) is 12.8. The summed E-state index contributed by atoms with van der Waals surface area (Å²) < 4.78 is 24.2. The molecule has 0 bridgehead atoms. The van der Waals surface area contributed by atoms with Crippen molar-refractivity contribution < 1.29 is 23.4 Å². The number of anilines is 1. The summed E-state index contributed by atoms with van der Waals surface area (Å²) in [4.78, 5) is 12.9. The van der Waals surface area contributed by atoms with Crippen LogP contribution in [0.15, 0.2) is 40.6 Å². The van der Waals surface area contributed by atoms with Gasteiger partial charge >= 0.3 is 0 Å². The summed E-state index contributed by atoms with van der Waals surface area (Å²) in [5.41, 5.74) is 3.12. The van der Waals surface area contributed by atoms with Gasteiger partial charge < -0.3 is 23.4 Å². The maximum absolute atomic E-state index is 11.2. The maximum atomic E-state index is 11.2. The molecule has 12 nitrogen and oxygen atoms in total. The lowest BCUT2D eigenvalue weighted by Gasteiger charge is -2.44. The number of non-ortho nitro benzene ring substituents is 1. The summed E-state index contributed by atoms with van der Waals surface area (Å²) >= 11 is 0. The molecule has 0 aromatic heterocycles. The zero-order valence-electron chi connectivity index (χ0n) is 29.4. The van der Waals surface area contributed by atoms with Crippen molar-refractivity contribution in [2.75, 3.05) is 38.9 Å². The van der Waals surface area contributed by atoms with E-state index >= 15 is 0 Å². The van der Waals surface area contributed by atoms with Crippen LogP contribution in [-0.2, 0) is 9.05 Å². The van der Waals surface area contributed by atoms with Crippen LogP contribution in [0.4, 0.5) is 22.7 Å². The van der Waals surface area contributed by atoms with E-state index in [-0.39, 0.29) is 28.1 Å². The second kappa shape index (κ2) is 17.3. The van der Waals surface area contributed by atoms with E-state index in [9.17, 15) is 15.4 Å². The van der Waals surface area contributed by atoms with Gasteiger partial charge in [0, 0.05) is 36.0 Å². The smallest absolute Gasteiger partial charge is 0.270 e. The monoisotopic (exact) mass is 678 g/mol. The zero-order valence-corrected chi connectivity index (χ0v) is 30.3. The average molecular weight is 679 g/mol. The Kier molecular flexibility index (Phi) is 13.9. The van der Waals surface area contributed by atoms with Crippen LogP contribution in [0.2, 0.25) is 0 Å². The van der Waals surface area contributed by atoms with E-state index in [0.29, 0.717) is 48.7 Å². The molecule has 1 atom stereocenters. The molecule has 1 heterocycles. The third-order valence-electron chi connectivity index (χ3n) is 8.18. The van der Waals surface area contributed by atoms with Crippen LogP contribution >= 0.6 is 8.38 Å². The normalized spacial score (nSPS) is 14.5. The van der Waals surface area contributed by atoms with Crippen LogP contribution in [0.3, 0.4) is 0 Å². The van der Waals surface area contributed by atoms with Gasteiger partial charge in [-0.1, -0.05) is 33.8 Å². The number of fused-ring (bicyclic) bond motifs is 1. The minimum absolute atomic E-state index is 0.0297.